The van der Waals surface area contributed by atoms with Gasteiger partial charge in [-0.15, -0.1) is 11.3 Å². The molecule has 0 saturated carbocycles. The highest BCUT2D eigenvalue weighted by Gasteiger charge is 2.38. The summed E-state index contributed by atoms with van der Waals surface area (Å²) in [4.78, 5) is 23.8. The van der Waals surface area contributed by atoms with Crippen molar-refractivity contribution in [1.29, 1.82) is 0 Å². The standard InChI is InChI=1S/C17H18N2O5S2/c20-11-14-7-8-25-16(14)13-5-3-12(4-6-13)10-19-15(17(21)18-22)2-1-9-26(19,23)24/h3-8,11,15,22H,1-2,9-10H2,(H,18,21)/t15-/m1/s1. The minimum absolute atomic E-state index is 0.0157. The van der Waals surface area contributed by atoms with Gasteiger partial charge in [0.1, 0.15) is 6.04 Å². The third-order valence-electron chi connectivity index (χ3n) is 4.37. The molecule has 2 N–H and O–H groups in total. The van der Waals surface area contributed by atoms with Crippen molar-refractivity contribution < 1.29 is 23.2 Å². The van der Waals surface area contributed by atoms with E-state index in [9.17, 15) is 18.0 Å². The van der Waals surface area contributed by atoms with Gasteiger partial charge in [0, 0.05) is 17.0 Å². The monoisotopic (exact) mass is 394 g/mol. The first-order valence-electron chi connectivity index (χ1n) is 8.01. The summed E-state index contributed by atoms with van der Waals surface area (Å²) in [7, 11) is -3.57. The van der Waals surface area contributed by atoms with Gasteiger partial charge < -0.3 is 0 Å². The number of amides is 1. The molecule has 2 heterocycles. The number of sulfonamides is 1. The number of carbonyl (C=O) groups excluding carboxylic acids is 2. The maximum atomic E-state index is 12.4. The largest absolute Gasteiger partial charge is 0.298 e. The number of aldehydes is 1. The number of carbonyl (C=O) groups is 2. The molecule has 9 heteroatoms. The Balaban J connectivity index is 1.84. The predicted octanol–water partition coefficient (Wildman–Crippen LogP) is 2.03. The van der Waals surface area contributed by atoms with Crippen molar-refractivity contribution in [1.82, 2.24) is 9.79 Å². The fourth-order valence-electron chi connectivity index (χ4n) is 3.05. The molecule has 1 aliphatic rings. The predicted molar refractivity (Wildman–Crippen MR) is 97.4 cm³/mol. The second-order valence-corrected chi connectivity index (χ2v) is 8.97. The van der Waals surface area contributed by atoms with Crippen LogP contribution in [0.25, 0.3) is 10.4 Å². The van der Waals surface area contributed by atoms with Gasteiger partial charge in [0.2, 0.25) is 10.0 Å². The molecule has 0 radical (unpaired) electrons. The van der Waals surface area contributed by atoms with Crippen LogP contribution in [0.15, 0.2) is 35.7 Å². The first-order valence-corrected chi connectivity index (χ1v) is 10.5. The van der Waals surface area contributed by atoms with E-state index in [4.69, 9.17) is 5.21 Å². The Kier molecular flexibility index (Phi) is 5.52. The average Bonchev–Trinajstić information content (AvgIpc) is 3.12. The van der Waals surface area contributed by atoms with E-state index in [2.05, 4.69) is 0 Å². The van der Waals surface area contributed by atoms with Crippen molar-refractivity contribution in [2.45, 2.75) is 25.4 Å². The molecule has 0 unspecified atom stereocenters. The van der Waals surface area contributed by atoms with Crippen LogP contribution in [0.1, 0.15) is 28.8 Å². The molecule has 3 rings (SSSR count). The summed E-state index contributed by atoms with van der Waals surface area (Å²) >= 11 is 1.46. The quantitative estimate of drug-likeness (QED) is 0.459. The van der Waals surface area contributed by atoms with Crippen LogP contribution >= 0.6 is 11.3 Å². The molecule has 0 spiro atoms. The van der Waals surface area contributed by atoms with Gasteiger partial charge in [-0.3, -0.25) is 14.8 Å². The number of benzene rings is 1. The van der Waals surface area contributed by atoms with E-state index in [1.165, 1.54) is 11.3 Å². The minimum Gasteiger partial charge on any atom is -0.298 e. The Hall–Kier alpha value is -2.07. The van der Waals surface area contributed by atoms with Crippen molar-refractivity contribution in [2.75, 3.05) is 5.75 Å². The summed E-state index contributed by atoms with van der Waals surface area (Å²) in [6.45, 7) is 0.0473. The Labute approximate surface area is 155 Å². The van der Waals surface area contributed by atoms with Crippen molar-refractivity contribution in [3.8, 4) is 10.4 Å². The van der Waals surface area contributed by atoms with E-state index in [-0.39, 0.29) is 12.3 Å². The Morgan fingerprint density at radius 2 is 2.04 bits per heavy atom. The van der Waals surface area contributed by atoms with Crippen LogP contribution in [0, 0.1) is 0 Å². The van der Waals surface area contributed by atoms with Crippen LogP contribution in [-0.4, -0.2) is 41.9 Å². The van der Waals surface area contributed by atoms with Gasteiger partial charge >= 0.3 is 0 Å². The molecule has 0 bridgehead atoms. The summed E-state index contributed by atoms with van der Waals surface area (Å²) in [5.41, 5.74) is 3.76. The first kappa shape index (κ1) is 18.7. The maximum absolute atomic E-state index is 12.4. The molecule has 1 aliphatic heterocycles. The lowest BCUT2D eigenvalue weighted by Gasteiger charge is -2.33. The molecular formula is C17H18N2O5S2. The molecule has 2 aromatic rings. The number of thiophene rings is 1. The Morgan fingerprint density at radius 3 is 2.69 bits per heavy atom. The van der Waals surface area contributed by atoms with Gasteiger partial charge in [-0.2, -0.15) is 4.31 Å². The van der Waals surface area contributed by atoms with E-state index in [0.717, 1.165) is 26.6 Å². The Morgan fingerprint density at radius 1 is 1.31 bits per heavy atom. The molecule has 1 aromatic heterocycles. The van der Waals surface area contributed by atoms with Gasteiger partial charge in [0.05, 0.1) is 5.75 Å². The minimum atomic E-state index is -3.57. The number of nitrogens with one attached hydrogen (secondary N) is 1. The fraction of sp³-hybridized carbons (Fsp3) is 0.294. The third kappa shape index (κ3) is 3.70. The lowest BCUT2D eigenvalue weighted by Crippen LogP contribution is -2.51. The van der Waals surface area contributed by atoms with Crippen molar-refractivity contribution in [3.63, 3.8) is 0 Å². The number of nitrogens with zero attached hydrogens (tertiary/aromatic N) is 1. The smallest absolute Gasteiger partial charge is 0.261 e. The number of hydroxylamine groups is 1. The van der Waals surface area contributed by atoms with E-state index in [1.807, 2.05) is 17.5 Å². The van der Waals surface area contributed by atoms with E-state index >= 15 is 0 Å². The summed E-state index contributed by atoms with van der Waals surface area (Å²) in [6, 6.07) is 8.04. The van der Waals surface area contributed by atoms with E-state index in [1.54, 1.807) is 23.7 Å². The number of hydrogen-bond donors (Lipinski definition) is 2. The SMILES string of the molecule is O=Cc1ccsc1-c1ccc(CN2[C@@H](C(=O)NO)CCCS2(=O)=O)cc1. The number of rotatable bonds is 5. The summed E-state index contributed by atoms with van der Waals surface area (Å²) in [5.74, 6) is -0.739. The highest BCUT2D eigenvalue weighted by molar-refractivity contribution is 7.89. The summed E-state index contributed by atoms with van der Waals surface area (Å²) < 4.78 is 25.9. The zero-order chi connectivity index (χ0) is 18.7. The van der Waals surface area contributed by atoms with Gasteiger partial charge in [0.15, 0.2) is 6.29 Å². The van der Waals surface area contributed by atoms with Crippen molar-refractivity contribution in [2.24, 2.45) is 0 Å². The van der Waals surface area contributed by atoms with Crippen LogP contribution in [-0.2, 0) is 21.4 Å². The molecule has 1 fully saturated rings. The molecule has 7 nitrogen and oxygen atoms in total. The summed E-state index contributed by atoms with van der Waals surface area (Å²) in [6.07, 6.45) is 1.54. The molecule has 1 amide bonds. The normalized spacial score (nSPS) is 19.8. The zero-order valence-corrected chi connectivity index (χ0v) is 15.4. The van der Waals surface area contributed by atoms with Gasteiger partial charge in [-0.05, 0) is 35.4 Å². The third-order valence-corrected chi connectivity index (χ3v) is 7.26. The molecule has 1 aromatic carbocycles. The van der Waals surface area contributed by atoms with E-state index in [0.29, 0.717) is 18.4 Å². The second-order valence-electron chi connectivity index (χ2n) is 6.02. The second kappa shape index (κ2) is 7.67. The van der Waals surface area contributed by atoms with Crippen LogP contribution in [0.3, 0.4) is 0 Å². The van der Waals surface area contributed by atoms with Crippen LogP contribution in [0.4, 0.5) is 0 Å². The molecule has 138 valence electrons. The zero-order valence-electron chi connectivity index (χ0n) is 13.8. The van der Waals surface area contributed by atoms with Crippen molar-refractivity contribution in [3.05, 3.63) is 46.8 Å². The number of hydrogen-bond acceptors (Lipinski definition) is 6. The van der Waals surface area contributed by atoms with Crippen LogP contribution < -0.4 is 5.48 Å². The van der Waals surface area contributed by atoms with Gasteiger partial charge in [-0.1, -0.05) is 24.3 Å². The van der Waals surface area contributed by atoms with E-state index < -0.39 is 22.0 Å². The van der Waals surface area contributed by atoms with Gasteiger partial charge in [0.25, 0.3) is 5.91 Å². The van der Waals surface area contributed by atoms with Crippen molar-refractivity contribution >= 4 is 33.6 Å². The lowest BCUT2D eigenvalue weighted by molar-refractivity contribution is -0.133. The highest BCUT2D eigenvalue weighted by Crippen LogP contribution is 2.30. The van der Waals surface area contributed by atoms with Gasteiger partial charge in [-0.25, -0.2) is 13.9 Å². The molecular weight excluding hydrogens is 376 g/mol. The molecule has 0 aliphatic carbocycles. The highest BCUT2D eigenvalue weighted by atomic mass is 32.2. The summed E-state index contributed by atoms with van der Waals surface area (Å²) in [5, 5.41) is 10.7. The first-order chi connectivity index (χ1) is 12.5. The van der Waals surface area contributed by atoms with Crippen LogP contribution in [0.2, 0.25) is 0 Å². The maximum Gasteiger partial charge on any atom is 0.261 e. The van der Waals surface area contributed by atoms with Crippen LogP contribution in [0.5, 0.6) is 0 Å². The Bertz CT molecular complexity index is 905. The lowest BCUT2D eigenvalue weighted by atomic mass is 10.1. The molecule has 26 heavy (non-hydrogen) atoms. The molecule has 1 atom stereocenters. The average molecular weight is 394 g/mol. The topological polar surface area (TPSA) is 104 Å². The molecule has 1 saturated heterocycles. The fourth-order valence-corrected chi connectivity index (χ4v) is 5.62.